The molecule has 0 bridgehead atoms. The van der Waals surface area contributed by atoms with Crippen LogP contribution in [0.1, 0.15) is 12.5 Å². The summed E-state index contributed by atoms with van der Waals surface area (Å²) in [6.07, 6.45) is 0.244. The second kappa shape index (κ2) is 5.75. The number of nitrogens with zero attached hydrogens (tertiary/aromatic N) is 1. The minimum atomic E-state index is -0.446. The molecule has 3 N–H and O–H groups in total. The topological polar surface area (TPSA) is 88.1 Å². The van der Waals surface area contributed by atoms with Crippen molar-refractivity contribution in [3.05, 3.63) is 23.8 Å². The Morgan fingerprint density at radius 1 is 1.65 bits per heavy atom. The van der Waals surface area contributed by atoms with Gasteiger partial charge in [0, 0.05) is 11.4 Å². The Morgan fingerprint density at radius 2 is 2.35 bits per heavy atom. The number of hydrogen-bond donors (Lipinski definition) is 2. The first-order chi connectivity index (χ1) is 8.08. The molecule has 1 unspecified atom stereocenters. The maximum Gasteiger partial charge on any atom is 0.327 e. The molecule has 1 aromatic rings. The molecule has 0 saturated heterocycles. The number of nitrogens with two attached hydrogens (primary N) is 1. The van der Waals surface area contributed by atoms with Gasteiger partial charge in [-0.15, -0.1) is 0 Å². The molecule has 0 radical (unpaired) electrons. The van der Waals surface area contributed by atoms with Crippen LogP contribution in [0.25, 0.3) is 0 Å². The second-order valence-electron chi connectivity index (χ2n) is 3.64. The first-order valence-corrected chi connectivity index (χ1v) is 5.18. The van der Waals surface area contributed by atoms with Crippen LogP contribution in [0.5, 0.6) is 0 Å². The molecule has 0 aliphatic carbocycles. The maximum absolute atomic E-state index is 11.2. The Balaban J connectivity index is 2.82. The molecule has 5 heteroatoms. The van der Waals surface area contributed by atoms with E-state index in [4.69, 9.17) is 11.0 Å². The summed E-state index contributed by atoms with van der Waals surface area (Å²) in [5.74, 6) is -0.344. The number of esters is 1. The molecule has 0 saturated carbocycles. The van der Waals surface area contributed by atoms with Crippen molar-refractivity contribution in [2.24, 2.45) is 0 Å². The van der Waals surface area contributed by atoms with Gasteiger partial charge in [-0.05, 0) is 30.7 Å². The van der Waals surface area contributed by atoms with Crippen molar-refractivity contribution in [3.63, 3.8) is 0 Å². The Bertz CT molecular complexity index is 452. The highest BCUT2D eigenvalue weighted by molar-refractivity contribution is 5.78. The van der Waals surface area contributed by atoms with E-state index in [0.717, 1.165) is 11.3 Å². The third kappa shape index (κ3) is 3.38. The fourth-order valence-corrected chi connectivity index (χ4v) is 1.42. The molecule has 1 rings (SSSR count). The Morgan fingerprint density at radius 3 is 2.94 bits per heavy atom. The lowest BCUT2D eigenvalue weighted by Crippen LogP contribution is -2.27. The fraction of sp³-hybridized carbons (Fsp3) is 0.333. The lowest BCUT2D eigenvalue weighted by atomic mass is 10.1. The number of nitrogen functional groups attached to an aromatic ring is 1. The monoisotopic (exact) mass is 233 g/mol. The normalized spacial score (nSPS) is 11.4. The highest BCUT2D eigenvalue weighted by Crippen LogP contribution is 2.19. The SMILES string of the molecule is COC(=O)C(C)Nc1ccc(N)c(CC#N)c1. The van der Waals surface area contributed by atoms with E-state index in [-0.39, 0.29) is 12.4 Å². The zero-order chi connectivity index (χ0) is 12.8. The van der Waals surface area contributed by atoms with Gasteiger partial charge in [-0.3, -0.25) is 0 Å². The van der Waals surface area contributed by atoms with Gasteiger partial charge < -0.3 is 15.8 Å². The Labute approximate surface area is 100 Å². The summed E-state index contributed by atoms with van der Waals surface area (Å²) in [5, 5.41) is 11.6. The van der Waals surface area contributed by atoms with Crippen molar-refractivity contribution in [2.75, 3.05) is 18.2 Å². The number of carbonyl (C=O) groups excluding carboxylic acids is 1. The summed E-state index contributed by atoms with van der Waals surface area (Å²) in [6.45, 7) is 1.70. The van der Waals surface area contributed by atoms with Crippen LogP contribution in [-0.2, 0) is 16.0 Å². The summed E-state index contributed by atoms with van der Waals surface area (Å²) in [4.78, 5) is 11.2. The largest absolute Gasteiger partial charge is 0.467 e. The van der Waals surface area contributed by atoms with Crippen molar-refractivity contribution in [1.82, 2.24) is 0 Å². The summed E-state index contributed by atoms with van der Waals surface area (Å²) in [7, 11) is 1.34. The van der Waals surface area contributed by atoms with E-state index in [1.54, 1.807) is 25.1 Å². The van der Waals surface area contributed by atoms with E-state index in [2.05, 4.69) is 10.1 Å². The third-order valence-electron chi connectivity index (χ3n) is 2.35. The molecule has 0 heterocycles. The third-order valence-corrected chi connectivity index (χ3v) is 2.35. The molecule has 17 heavy (non-hydrogen) atoms. The Hall–Kier alpha value is -2.22. The van der Waals surface area contributed by atoms with Crippen LogP contribution in [0.2, 0.25) is 0 Å². The van der Waals surface area contributed by atoms with Gasteiger partial charge >= 0.3 is 5.97 Å². The van der Waals surface area contributed by atoms with Crippen LogP contribution in [0, 0.1) is 11.3 Å². The van der Waals surface area contributed by atoms with Gasteiger partial charge in [0.1, 0.15) is 6.04 Å². The number of nitrogens with one attached hydrogen (secondary N) is 1. The van der Waals surface area contributed by atoms with Crippen LogP contribution >= 0.6 is 0 Å². The zero-order valence-corrected chi connectivity index (χ0v) is 9.86. The van der Waals surface area contributed by atoms with E-state index >= 15 is 0 Å². The number of nitriles is 1. The zero-order valence-electron chi connectivity index (χ0n) is 9.86. The van der Waals surface area contributed by atoms with Gasteiger partial charge in [-0.1, -0.05) is 0 Å². The number of rotatable bonds is 4. The summed E-state index contributed by atoms with van der Waals surface area (Å²) < 4.78 is 4.61. The highest BCUT2D eigenvalue weighted by Gasteiger charge is 2.12. The standard InChI is InChI=1S/C12H15N3O2/c1-8(12(16)17-2)15-10-3-4-11(14)9(7-10)5-6-13/h3-4,7-8,15H,5,14H2,1-2H3. The molecule has 0 spiro atoms. The summed E-state index contributed by atoms with van der Waals surface area (Å²) in [5.41, 5.74) is 7.78. The van der Waals surface area contributed by atoms with Crippen LogP contribution in [0.15, 0.2) is 18.2 Å². The van der Waals surface area contributed by atoms with Gasteiger partial charge in [0.2, 0.25) is 0 Å². The van der Waals surface area contributed by atoms with Gasteiger partial charge in [0.05, 0.1) is 19.6 Å². The minimum absolute atomic E-state index is 0.244. The molecule has 0 aliphatic rings. The quantitative estimate of drug-likeness (QED) is 0.604. The van der Waals surface area contributed by atoms with Crippen LogP contribution in [-0.4, -0.2) is 19.1 Å². The molecular formula is C12H15N3O2. The van der Waals surface area contributed by atoms with Crippen molar-refractivity contribution < 1.29 is 9.53 Å². The molecule has 1 aromatic carbocycles. The van der Waals surface area contributed by atoms with E-state index in [1.807, 2.05) is 6.07 Å². The number of methoxy groups -OCH3 is 1. The van der Waals surface area contributed by atoms with E-state index in [0.29, 0.717) is 5.69 Å². The van der Waals surface area contributed by atoms with E-state index < -0.39 is 6.04 Å². The lowest BCUT2D eigenvalue weighted by Gasteiger charge is -2.14. The van der Waals surface area contributed by atoms with E-state index in [9.17, 15) is 4.79 Å². The molecule has 90 valence electrons. The summed E-state index contributed by atoms with van der Waals surface area (Å²) in [6, 6.07) is 6.82. The van der Waals surface area contributed by atoms with Gasteiger partial charge in [-0.2, -0.15) is 5.26 Å². The van der Waals surface area contributed by atoms with Gasteiger partial charge in [-0.25, -0.2) is 4.79 Å². The smallest absolute Gasteiger partial charge is 0.327 e. The van der Waals surface area contributed by atoms with Gasteiger partial charge in [0.15, 0.2) is 0 Å². The second-order valence-corrected chi connectivity index (χ2v) is 3.64. The number of ether oxygens (including phenoxy) is 1. The molecule has 0 fully saturated rings. The van der Waals surface area contributed by atoms with Crippen molar-refractivity contribution >= 4 is 17.3 Å². The molecule has 1 atom stereocenters. The van der Waals surface area contributed by atoms with Crippen molar-refractivity contribution in [2.45, 2.75) is 19.4 Å². The molecule has 0 aromatic heterocycles. The predicted molar refractivity (Wildman–Crippen MR) is 65.3 cm³/mol. The maximum atomic E-state index is 11.2. The number of carbonyl (C=O) groups is 1. The van der Waals surface area contributed by atoms with Crippen LogP contribution in [0.3, 0.4) is 0 Å². The number of benzene rings is 1. The summed E-state index contributed by atoms with van der Waals surface area (Å²) >= 11 is 0. The molecular weight excluding hydrogens is 218 g/mol. The number of anilines is 2. The average Bonchev–Trinajstić information content (AvgIpc) is 2.32. The fourth-order valence-electron chi connectivity index (χ4n) is 1.42. The first-order valence-electron chi connectivity index (χ1n) is 5.18. The highest BCUT2D eigenvalue weighted by atomic mass is 16.5. The predicted octanol–water partition coefficient (Wildman–Crippen LogP) is 1.31. The van der Waals surface area contributed by atoms with Crippen LogP contribution < -0.4 is 11.1 Å². The average molecular weight is 233 g/mol. The van der Waals surface area contributed by atoms with Crippen molar-refractivity contribution in [1.29, 1.82) is 5.26 Å². The molecule has 0 amide bonds. The first kappa shape index (κ1) is 12.8. The van der Waals surface area contributed by atoms with Crippen LogP contribution in [0.4, 0.5) is 11.4 Å². The van der Waals surface area contributed by atoms with E-state index in [1.165, 1.54) is 7.11 Å². The Kier molecular flexibility index (Phi) is 4.35. The molecule has 0 aliphatic heterocycles. The molecule has 5 nitrogen and oxygen atoms in total. The lowest BCUT2D eigenvalue weighted by molar-refractivity contribution is -0.141. The number of hydrogen-bond acceptors (Lipinski definition) is 5. The van der Waals surface area contributed by atoms with Gasteiger partial charge in [0.25, 0.3) is 0 Å². The van der Waals surface area contributed by atoms with Crippen molar-refractivity contribution in [3.8, 4) is 6.07 Å². The minimum Gasteiger partial charge on any atom is -0.467 e.